The number of hydrogen-bond donors (Lipinski definition) is 4. The fraction of sp³-hybridized carbons (Fsp3) is 0.481. The third-order valence-corrected chi connectivity index (χ3v) is 8.08. The van der Waals surface area contributed by atoms with E-state index in [2.05, 4.69) is 32.1 Å². The van der Waals surface area contributed by atoms with E-state index in [4.69, 9.17) is 26.8 Å². The van der Waals surface area contributed by atoms with Gasteiger partial charge in [0.15, 0.2) is 29.4 Å². The molecule has 2 aromatic heterocycles. The Kier molecular flexibility index (Phi) is 8.31. The lowest BCUT2D eigenvalue weighted by molar-refractivity contribution is -0.171. The van der Waals surface area contributed by atoms with Crippen molar-refractivity contribution >= 4 is 46.3 Å². The first kappa shape index (κ1) is 29.3. The summed E-state index contributed by atoms with van der Waals surface area (Å²) >= 11 is 7.35. The Labute approximate surface area is 245 Å². The molecule has 5 rings (SSSR count). The Bertz CT molecular complexity index is 1490. The molecule has 1 aliphatic heterocycles. The first-order valence-corrected chi connectivity index (χ1v) is 14.7. The van der Waals surface area contributed by atoms with Crippen molar-refractivity contribution in [3.05, 3.63) is 47.0 Å². The van der Waals surface area contributed by atoms with E-state index < -0.39 is 48.2 Å². The van der Waals surface area contributed by atoms with Gasteiger partial charge in [-0.2, -0.15) is 9.97 Å². The van der Waals surface area contributed by atoms with Crippen molar-refractivity contribution in [1.29, 1.82) is 0 Å². The lowest BCUT2D eigenvalue weighted by Gasteiger charge is -2.43. The number of alkyl halides is 1. The summed E-state index contributed by atoms with van der Waals surface area (Å²) in [7, 11) is 0. The fourth-order valence-electron chi connectivity index (χ4n) is 5.19. The van der Waals surface area contributed by atoms with Crippen molar-refractivity contribution in [2.45, 2.75) is 50.0 Å². The lowest BCUT2D eigenvalue weighted by atomic mass is 9.62. The minimum Gasteiger partial charge on any atom is -0.479 e. The zero-order chi connectivity index (χ0) is 29.4. The van der Waals surface area contributed by atoms with E-state index in [1.807, 2.05) is 31.2 Å². The first-order chi connectivity index (χ1) is 19.7. The summed E-state index contributed by atoms with van der Waals surface area (Å²) in [5.74, 6) is 4.98. The quantitative estimate of drug-likeness (QED) is 0.208. The highest BCUT2D eigenvalue weighted by atomic mass is 35.5. The van der Waals surface area contributed by atoms with E-state index in [-0.39, 0.29) is 29.0 Å². The number of carbonyl (C=O) groups is 1. The van der Waals surface area contributed by atoms with Crippen LogP contribution in [0.4, 0.5) is 10.2 Å². The van der Waals surface area contributed by atoms with Crippen molar-refractivity contribution < 1.29 is 28.9 Å². The number of aliphatic hydroxyl groups is 1. The van der Waals surface area contributed by atoms with Gasteiger partial charge in [0, 0.05) is 13.0 Å². The number of aliphatic carboxylic acids is 1. The Morgan fingerprint density at radius 3 is 2.93 bits per heavy atom. The predicted molar refractivity (Wildman–Crippen MR) is 153 cm³/mol. The van der Waals surface area contributed by atoms with Gasteiger partial charge in [0.2, 0.25) is 10.9 Å². The molecule has 1 saturated heterocycles. The van der Waals surface area contributed by atoms with Crippen LogP contribution in [0.3, 0.4) is 0 Å². The van der Waals surface area contributed by atoms with Crippen LogP contribution in [0.1, 0.15) is 26.0 Å². The van der Waals surface area contributed by atoms with Crippen molar-refractivity contribution in [3.8, 4) is 11.8 Å². The summed E-state index contributed by atoms with van der Waals surface area (Å²) in [6.45, 7) is 2.13. The second-order valence-electron chi connectivity index (χ2n) is 10.1. The highest BCUT2D eigenvalue weighted by Crippen LogP contribution is 2.47. The Morgan fingerprint density at radius 2 is 2.27 bits per heavy atom. The van der Waals surface area contributed by atoms with Crippen molar-refractivity contribution in [2.75, 3.05) is 24.7 Å². The molecule has 0 bridgehead atoms. The molecule has 5 N–H and O–H groups in total. The second kappa shape index (κ2) is 11.6. The van der Waals surface area contributed by atoms with Crippen LogP contribution in [0.25, 0.3) is 11.2 Å². The van der Waals surface area contributed by atoms with Crippen molar-refractivity contribution in [1.82, 2.24) is 19.5 Å². The summed E-state index contributed by atoms with van der Waals surface area (Å²) in [4.78, 5) is 25.5. The number of aliphatic hydroxyl groups excluding tert-OH is 1. The molecule has 3 aliphatic rings. The number of ether oxygens (including phenoxy) is 2. The number of anilines is 1. The third kappa shape index (κ3) is 5.19. The Hall–Kier alpha value is -3.15. The second-order valence-corrected chi connectivity index (χ2v) is 11.1. The van der Waals surface area contributed by atoms with Crippen LogP contribution in [-0.4, -0.2) is 79.1 Å². The van der Waals surface area contributed by atoms with Crippen LogP contribution in [0.2, 0.25) is 5.28 Å². The monoisotopic (exact) mass is 604 g/mol. The maximum absolute atomic E-state index is 15.5. The number of fused-ring (bicyclic) bond motifs is 2. The molecule has 3 heterocycles. The summed E-state index contributed by atoms with van der Waals surface area (Å²) in [6, 6.07) is 0. The molecule has 1 fully saturated rings. The number of nitrogens with zero attached hydrogens (tertiary/aromatic N) is 4. The average Bonchev–Trinajstić information content (AvgIpc) is 3.47. The number of thioether (sulfide) groups is 1. The lowest BCUT2D eigenvalue weighted by Crippen LogP contribution is -2.53. The molecule has 0 spiro atoms. The SMILES string of the molecule is CCCNc1nc(Cl)nc2c1ncn2[C@@H]1O[C@H](COC(CC23C#CC2C=CC=C3)(C(=O)O)/C(N)=C/SC)[C@@H](O)[C@@H]1F. The van der Waals surface area contributed by atoms with Gasteiger partial charge in [-0.05, 0) is 29.7 Å². The highest BCUT2D eigenvalue weighted by molar-refractivity contribution is 8.01. The van der Waals surface area contributed by atoms with E-state index >= 15 is 4.39 Å². The molecular formula is C27H30ClFN6O5S. The molecular weight excluding hydrogens is 575 g/mol. The molecule has 0 saturated carbocycles. The first-order valence-electron chi connectivity index (χ1n) is 13.0. The van der Waals surface area contributed by atoms with Crippen molar-refractivity contribution in [2.24, 2.45) is 17.1 Å². The molecule has 41 heavy (non-hydrogen) atoms. The normalized spacial score (nSPS) is 29.9. The standard InChI is InChI=1S/C27H30ClFN6O5S/c1-3-10-31-21-19-22(34-25(28)33-21)35(14-32-19)23-18(29)20(36)16(40-23)11-39-27(24(37)38,17(30)12-41-2)13-26-8-5-4-6-15(26)7-9-26/h4-6,8,12,14-16,18,20,23,36H,3,10-11,13,30H2,1-2H3,(H,37,38)(H,31,33,34)/b17-12-/t15?,16-,18+,20-,23-,26?,27?/m1/s1. The van der Waals surface area contributed by atoms with Crippen LogP contribution in [0.5, 0.6) is 0 Å². The topological polar surface area (TPSA) is 158 Å². The summed E-state index contributed by atoms with van der Waals surface area (Å²) < 4.78 is 28.8. The fourth-order valence-corrected chi connectivity index (χ4v) is 5.79. The molecule has 7 atom stereocenters. The summed E-state index contributed by atoms with van der Waals surface area (Å²) in [5.41, 5.74) is 4.04. The summed E-state index contributed by atoms with van der Waals surface area (Å²) in [5, 5.41) is 25.8. The van der Waals surface area contributed by atoms with E-state index in [1.54, 1.807) is 6.26 Å². The van der Waals surface area contributed by atoms with Gasteiger partial charge in [0.25, 0.3) is 0 Å². The zero-order valence-corrected chi connectivity index (χ0v) is 23.9. The molecule has 2 aromatic rings. The van der Waals surface area contributed by atoms with Gasteiger partial charge in [0.05, 0.1) is 30.0 Å². The molecule has 0 aromatic carbocycles. The van der Waals surface area contributed by atoms with E-state index in [9.17, 15) is 15.0 Å². The van der Waals surface area contributed by atoms with Crippen molar-refractivity contribution in [3.63, 3.8) is 0 Å². The third-order valence-electron chi connectivity index (χ3n) is 7.42. The van der Waals surface area contributed by atoms with Crippen LogP contribution in [0, 0.1) is 23.2 Å². The number of carboxylic acid groups (broad SMARTS) is 1. The van der Waals surface area contributed by atoms with Crippen LogP contribution in [-0.2, 0) is 14.3 Å². The Balaban J connectivity index is 1.41. The van der Waals surface area contributed by atoms with Gasteiger partial charge in [0.1, 0.15) is 12.2 Å². The van der Waals surface area contributed by atoms with Crippen LogP contribution >= 0.6 is 23.4 Å². The van der Waals surface area contributed by atoms with Gasteiger partial charge in [-0.15, -0.1) is 11.8 Å². The van der Waals surface area contributed by atoms with Crippen LogP contribution in [0.15, 0.2) is 41.7 Å². The molecule has 14 heteroatoms. The van der Waals surface area contributed by atoms with E-state index in [0.29, 0.717) is 17.9 Å². The Morgan fingerprint density at radius 1 is 1.46 bits per heavy atom. The highest BCUT2D eigenvalue weighted by Gasteiger charge is 2.54. The molecule has 2 aliphatic carbocycles. The number of nitrogens with two attached hydrogens (primary N) is 1. The summed E-state index contributed by atoms with van der Waals surface area (Å²) in [6.07, 6.45) is 5.09. The smallest absolute Gasteiger partial charge is 0.342 e. The number of rotatable bonds is 12. The number of imidazole rings is 1. The number of hydrogen-bond acceptors (Lipinski definition) is 10. The number of halogens is 2. The number of aromatic nitrogens is 4. The molecule has 3 unspecified atom stereocenters. The van der Waals surface area contributed by atoms with Gasteiger partial charge in [-0.1, -0.05) is 43.1 Å². The van der Waals surface area contributed by atoms with Gasteiger partial charge in [-0.3, -0.25) is 4.57 Å². The van der Waals surface area contributed by atoms with Gasteiger partial charge < -0.3 is 30.7 Å². The minimum absolute atomic E-state index is 0.0397. The molecule has 0 radical (unpaired) electrons. The van der Waals surface area contributed by atoms with Gasteiger partial charge >= 0.3 is 5.97 Å². The minimum atomic E-state index is -2.01. The van der Waals surface area contributed by atoms with E-state index in [0.717, 1.165) is 6.42 Å². The largest absolute Gasteiger partial charge is 0.479 e. The zero-order valence-electron chi connectivity index (χ0n) is 22.3. The molecule has 11 nitrogen and oxygen atoms in total. The van der Waals surface area contributed by atoms with E-state index in [1.165, 1.54) is 28.1 Å². The average molecular weight is 605 g/mol. The number of carboxylic acids is 1. The predicted octanol–water partition coefficient (Wildman–Crippen LogP) is 3.04. The number of nitrogens with one attached hydrogen (secondary N) is 1. The molecule has 0 amide bonds. The molecule has 218 valence electrons. The maximum atomic E-state index is 15.5. The number of allylic oxidation sites excluding steroid dienone is 4. The maximum Gasteiger partial charge on any atom is 0.342 e. The van der Waals surface area contributed by atoms with Crippen LogP contribution < -0.4 is 11.1 Å². The van der Waals surface area contributed by atoms with Gasteiger partial charge in [-0.25, -0.2) is 14.2 Å².